The van der Waals surface area contributed by atoms with E-state index >= 15 is 0 Å². The molecule has 154 valence electrons. The molecule has 1 aromatic rings. The number of hydrogen-bond acceptors (Lipinski definition) is 4. The van der Waals surface area contributed by atoms with Crippen molar-refractivity contribution in [2.45, 2.75) is 26.1 Å². The lowest BCUT2D eigenvalue weighted by molar-refractivity contribution is -0.137. The number of benzene rings is 1. The van der Waals surface area contributed by atoms with Gasteiger partial charge in [0.1, 0.15) is 0 Å². The Balaban J connectivity index is 1.83. The van der Waals surface area contributed by atoms with Crippen LogP contribution in [0.5, 0.6) is 0 Å². The van der Waals surface area contributed by atoms with Crippen molar-refractivity contribution in [1.82, 2.24) is 15.5 Å². The Morgan fingerprint density at radius 1 is 1.25 bits per heavy atom. The molecule has 1 atom stereocenters. The van der Waals surface area contributed by atoms with E-state index in [9.17, 15) is 27.6 Å². The molecule has 0 saturated carbocycles. The molecule has 1 aromatic carbocycles. The number of amides is 3. The number of nitrogens with one attached hydrogen (secondary N) is 2. The fourth-order valence-electron chi connectivity index (χ4n) is 2.84. The highest BCUT2D eigenvalue weighted by molar-refractivity contribution is 5.89. The van der Waals surface area contributed by atoms with Crippen LogP contribution in [0, 0.1) is 5.92 Å². The normalized spacial score (nSPS) is 16.8. The first-order chi connectivity index (χ1) is 13.2. The number of ether oxygens (including phenoxy) is 1. The second kappa shape index (κ2) is 9.43. The summed E-state index contributed by atoms with van der Waals surface area (Å²) >= 11 is 0. The maximum atomic E-state index is 12.8. The fraction of sp³-hybridized carbons (Fsp3) is 0.500. The van der Waals surface area contributed by atoms with Crippen LogP contribution in [0.3, 0.4) is 0 Å². The maximum absolute atomic E-state index is 12.8. The van der Waals surface area contributed by atoms with Gasteiger partial charge in [-0.25, -0.2) is 4.79 Å². The molecule has 28 heavy (non-hydrogen) atoms. The minimum Gasteiger partial charge on any atom is -0.450 e. The number of rotatable bonds is 7. The Kier molecular flexibility index (Phi) is 7.24. The van der Waals surface area contributed by atoms with E-state index in [4.69, 9.17) is 0 Å². The van der Waals surface area contributed by atoms with E-state index in [1.54, 1.807) is 6.92 Å². The second-order valence-electron chi connectivity index (χ2n) is 6.31. The van der Waals surface area contributed by atoms with Crippen molar-refractivity contribution in [2.24, 2.45) is 5.92 Å². The van der Waals surface area contributed by atoms with Crippen LogP contribution in [0.2, 0.25) is 0 Å². The van der Waals surface area contributed by atoms with Crippen LogP contribution in [-0.2, 0) is 27.0 Å². The van der Waals surface area contributed by atoms with E-state index in [0.717, 1.165) is 12.1 Å². The van der Waals surface area contributed by atoms with Gasteiger partial charge in [0.2, 0.25) is 11.8 Å². The van der Waals surface area contributed by atoms with Gasteiger partial charge < -0.3 is 20.3 Å². The Hall–Kier alpha value is -2.78. The number of carbonyl (C=O) groups excluding carboxylic acids is 3. The molecule has 7 nitrogen and oxygen atoms in total. The summed E-state index contributed by atoms with van der Waals surface area (Å²) in [5.74, 6) is -1.21. The molecule has 1 unspecified atom stereocenters. The van der Waals surface area contributed by atoms with Crippen molar-refractivity contribution in [1.29, 1.82) is 0 Å². The smallest absolute Gasteiger partial charge is 0.416 e. The first-order valence-electron chi connectivity index (χ1n) is 8.83. The van der Waals surface area contributed by atoms with Gasteiger partial charge in [-0.15, -0.1) is 0 Å². The lowest BCUT2D eigenvalue weighted by Crippen LogP contribution is -2.38. The Bertz CT molecular complexity index is 724. The minimum absolute atomic E-state index is 0.00387. The third kappa shape index (κ3) is 6.14. The van der Waals surface area contributed by atoms with Crippen LogP contribution in [0.25, 0.3) is 0 Å². The van der Waals surface area contributed by atoms with Gasteiger partial charge in [-0.3, -0.25) is 9.59 Å². The lowest BCUT2D eigenvalue weighted by atomic mass is 10.1. The molecule has 1 fully saturated rings. The highest BCUT2D eigenvalue weighted by Gasteiger charge is 2.35. The SMILES string of the molecule is CCOC(=O)NCCNC(=O)C1CC(=O)N(Cc2cccc(C(F)(F)F)c2)C1. The lowest BCUT2D eigenvalue weighted by Gasteiger charge is -2.17. The van der Waals surface area contributed by atoms with Crippen LogP contribution < -0.4 is 10.6 Å². The van der Waals surface area contributed by atoms with Crippen LogP contribution in [0.4, 0.5) is 18.0 Å². The van der Waals surface area contributed by atoms with Gasteiger partial charge in [-0.1, -0.05) is 12.1 Å². The highest BCUT2D eigenvalue weighted by Crippen LogP contribution is 2.30. The number of alkyl halides is 3. The summed E-state index contributed by atoms with van der Waals surface area (Å²) in [6, 6.07) is 4.77. The molecule has 0 bridgehead atoms. The predicted molar refractivity (Wildman–Crippen MR) is 93.0 cm³/mol. The van der Waals surface area contributed by atoms with E-state index in [0.29, 0.717) is 5.56 Å². The third-order valence-electron chi connectivity index (χ3n) is 4.18. The van der Waals surface area contributed by atoms with Crippen LogP contribution in [0.15, 0.2) is 24.3 Å². The van der Waals surface area contributed by atoms with Crippen molar-refractivity contribution in [2.75, 3.05) is 26.2 Å². The van der Waals surface area contributed by atoms with E-state index in [1.165, 1.54) is 17.0 Å². The molecule has 10 heteroatoms. The summed E-state index contributed by atoms with van der Waals surface area (Å²) in [6.45, 7) is 2.41. The summed E-state index contributed by atoms with van der Waals surface area (Å²) in [5.41, 5.74) is -0.428. The average Bonchev–Trinajstić information content (AvgIpc) is 2.99. The van der Waals surface area contributed by atoms with E-state index in [1.807, 2.05) is 0 Å². The van der Waals surface area contributed by atoms with Gasteiger partial charge in [0.15, 0.2) is 0 Å². The largest absolute Gasteiger partial charge is 0.450 e. The van der Waals surface area contributed by atoms with Crippen LogP contribution in [-0.4, -0.2) is 49.0 Å². The maximum Gasteiger partial charge on any atom is 0.416 e. The predicted octanol–water partition coefficient (Wildman–Crippen LogP) is 1.92. The topological polar surface area (TPSA) is 87.7 Å². The summed E-state index contributed by atoms with van der Waals surface area (Å²) in [5, 5.41) is 5.07. The Morgan fingerprint density at radius 2 is 1.96 bits per heavy atom. The molecule has 1 saturated heterocycles. The van der Waals surface area contributed by atoms with Gasteiger partial charge in [-0.05, 0) is 24.6 Å². The molecule has 0 aliphatic carbocycles. The number of alkyl carbamates (subject to hydrolysis) is 1. The van der Waals surface area contributed by atoms with Crippen molar-refractivity contribution in [3.63, 3.8) is 0 Å². The third-order valence-corrected chi connectivity index (χ3v) is 4.18. The van der Waals surface area contributed by atoms with Gasteiger partial charge in [0.05, 0.1) is 18.1 Å². The van der Waals surface area contributed by atoms with Crippen molar-refractivity contribution < 1.29 is 32.3 Å². The standard InChI is InChI=1S/C18H22F3N3O4/c1-2-28-17(27)23-7-6-22-16(26)13-9-15(25)24(11-13)10-12-4-3-5-14(8-12)18(19,20)21/h3-5,8,13H,2,6-7,9-11H2,1H3,(H,22,26)(H,23,27). The summed E-state index contributed by atoms with van der Waals surface area (Å²) in [7, 11) is 0. The number of likely N-dealkylation sites (tertiary alicyclic amines) is 1. The van der Waals surface area contributed by atoms with Crippen molar-refractivity contribution >= 4 is 17.9 Å². The molecule has 0 radical (unpaired) electrons. The summed E-state index contributed by atoms with van der Waals surface area (Å²) < 4.78 is 43.1. The first kappa shape index (κ1) is 21.5. The number of nitrogens with zero attached hydrogens (tertiary/aromatic N) is 1. The minimum atomic E-state index is -4.45. The van der Waals surface area contributed by atoms with Gasteiger partial charge in [0.25, 0.3) is 0 Å². The average molecular weight is 401 g/mol. The quantitative estimate of drug-likeness (QED) is 0.684. The van der Waals surface area contributed by atoms with Gasteiger partial charge in [-0.2, -0.15) is 13.2 Å². The molecular weight excluding hydrogens is 379 g/mol. The molecule has 2 rings (SSSR count). The summed E-state index contributed by atoms with van der Waals surface area (Å²) in [6.07, 6.45) is -5.04. The molecule has 1 aliphatic heterocycles. The van der Waals surface area contributed by atoms with Crippen molar-refractivity contribution in [3.8, 4) is 0 Å². The molecule has 3 amide bonds. The molecule has 1 heterocycles. The zero-order chi connectivity index (χ0) is 20.7. The van der Waals surface area contributed by atoms with E-state index < -0.39 is 23.8 Å². The Labute approximate surface area is 160 Å². The number of hydrogen-bond donors (Lipinski definition) is 2. The van der Waals surface area contributed by atoms with Gasteiger partial charge in [0, 0.05) is 32.6 Å². The van der Waals surface area contributed by atoms with Gasteiger partial charge >= 0.3 is 12.3 Å². The number of carbonyl (C=O) groups is 3. The monoisotopic (exact) mass is 401 g/mol. The first-order valence-corrected chi connectivity index (χ1v) is 8.83. The molecular formula is C18H22F3N3O4. The van der Waals surface area contributed by atoms with Crippen LogP contribution >= 0.6 is 0 Å². The van der Waals surface area contributed by atoms with E-state index in [-0.39, 0.29) is 51.0 Å². The zero-order valence-electron chi connectivity index (χ0n) is 15.3. The molecule has 1 aliphatic rings. The molecule has 2 N–H and O–H groups in total. The highest BCUT2D eigenvalue weighted by atomic mass is 19.4. The molecule has 0 spiro atoms. The number of halogens is 3. The van der Waals surface area contributed by atoms with Crippen LogP contribution in [0.1, 0.15) is 24.5 Å². The fourth-order valence-corrected chi connectivity index (χ4v) is 2.84. The Morgan fingerprint density at radius 3 is 2.64 bits per heavy atom. The molecule has 0 aromatic heterocycles. The summed E-state index contributed by atoms with van der Waals surface area (Å²) in [4.78, 5) is 36.8. The second-order valence-corrected chi connectivity index (χ2v) is 6.31. The van der Waals surface area contributed by atoms with E-state index in [2.05, 4.69) is 15.4 Å². The zero-order valence-corrected chi connectivity index (χ0v) is 15.3. The van der Waals surface area contributed by atoms with Crippen molar-refractivity contribution in [3.05, 3.63) is 35.4 Å².